The summed E-state index contributed by atoms with van der Waals surface area (Å²) in [5.41, 5.74) is 0.909. The van der Waals surface area contributed by atoms with Gasteiger partial charge in [-0.15, -0.1) is 12.6 Å². The lowest BCUT2D eigenvalue weighted by molar-refractivity contribution is -0.137. The first-order valence-electron chi connectivity index (χ1n) is 5.36. The molecule has 1 aromatic carbocycles. The number of amides is 2. The summed E-state index contributed by atoms with van der Waals surface area (Å²) in [7, 11) is 0. The molecule has 18 heavy (non-hydrogen) atoms. The number of rotatable bonds is 4. The molecule has 0 bridgehead atoms. The minimum absolute atomic E-state index is 0.00885. The molecule has 0 spiro atoms. The lowest BCUT2D eigenvalue weighted by atomic mass is 10.3. The van der Waals surface area contributed by atoms with Crippen LogP contribution in [0.5, 0.6) is 0 Å². The Bertz CT molecular complexity index is 511. The number of nitrogens with zero attached hydrogens (tertiary/aromatic N) is 1. The molecule has 0 radical (unpaired) electrons. The van der Waals surface area contributed by atoms with Crippen LogP contribution >= 0.6 is 12.6 Å². The van der Waals surface area contributed by atoms with E-state index in [-0.39, 0.29) is 18.8 Å². The zero-order valence-corrected chi connectivity index (χ0v) is 10.4. The third-order valence-corrected chi connectivity index (χ3v) is 2.78. The van der Waals surface area contributed by atoms with Crippen molar-refractivity contribution in [1.82, 2.24) is 4.90 Å². The standard InChI is InChI=1S/C12H12N2O3S/c15-6-5-14-11(16)7-10(12(14)17)13-8-1-3-9(18)4-2-8/h1-4,7,13,15,18H,5-6H2. The van der Waals surface area contributed by atoms with Crippen molar-refractivity contribution in [2.45, 2.75) is 4.90 Å². The van der Waals surface area contributed by atoms with E-state index in [4.69, 9.17) is 5.11 Å². The quantitative estimate of drug-likeness (QED) is 0.551. The van der Waals surface area contributed by atoms with Gasteiger partial charge in [0.05, 0.1) is 13.2 Å². The Labute approximate surface area is 110 Å². The van der Waals surface area contributed by atoms with Gasteiger partial charge >= 0.3 is 0 Å². The fourth-order valence-electron chi connectivity index (χ4n) is 1.61. The fourth-order valence-corrected chi connectivity index (χ4v) is 1.76. The lowest BCUT2D eigenvalue weighted by Gasteiger charge is -2.13. The van der Waals surface area contributed by atoms with Crippen LogP contribution in [0.3, 0.4) is 0 Å². The van der Waals surface area contributed by atoms with Crippen molar-refractivity contribution in [3.63, 3.8) is 0 Å². The maximum Gasteiger partial charge on any atom is 0.277 e. The molecule has 5 nitrogen and oxygen atoms in total. The number of β-amino-alcohol motifs (C(OH)–C–C–N with tert-alkyl or cyclic N) is 1. The summed E-state index contributed by atoms with van der Waals surface area (Å²) in [6, 6.07) is 7.07. The first kappa shape index (κ1) is 12.7. The SMILES string of the molecule is O=C1C=C(Nc2ccc(S)cc2)C(=O)N1CCO. The number of nitrogens with one attached hydrogen (secondary N) is 1. The topological polar surface area (TPSA) is 69.6 Å². The Morgan fingerprint density at radius 1 is 1.22 bits per heavy atom. The van der Waals surface area contributed by atoms with Crippen LogP contribution in [0.1, 0.15) is 0 Å². The van der Waals surface area contributed by atoms with E-state index >= 15 is 0 Å². The van der Waals surface area contributed by atoms with Crippen molar-refractivity contribution in [3.8, 4) is 0 Å². The van der Waals surface area contributed by atoms with Gasteiger partial charge in [0.25, 0.3) is 11.8 Å². The van der Waals surface area contributed by atoms with Crippen molar-refractivity contribution in [1.29, 1.82) is 0 Å². The number of thiol groups is 1. The zero-order valence-electron chi connectivity index (χ0n) is 9.46. The number of imide groups is 1. The van der Waals surface area contributed by atoms with E-state index in [9.17, 15) is 9.59 Å². The molecule has 2 N–H and O–H groups in total. The van der Waals surface area contributed by atoms with Crippen LogP contribution < -0.4 is 5.32 Å². The molecule has 94 valence electrons. The molecule has 1 aliphatic heterocycles. The van der Waals surface area contributed by atoms with Gasteiger partial charge < -0.3 is 10.4 Å². The molecular formula is C12H12N2O3S. The van der Waals surface area contributed by atoms with Gasteiger partial charge in [-0.05, 0) is 24.3 Å². The van der Waals surface area contributed by atoms with Crippen LogP contribution in [0, 0.1) is 0 Å². The first-order chi connectivity index (χ1) is 8.61. The van der Waals surface area contributed by atoms with E-state index in [1.165, 1.54) is 6.08 Å². The largest absolute Gasteiger partial charge is 0.395 e. The van der Waals surface area contributed by atoms with Gasteiger partial charge in [-0.3, -0.25) is 14.5 Å². The van der Waals surface area contributed by atoms with Gasteiger partial charge in [0.2, 0.25) is 0 Å². The molecule has 0 saturated heterocycles. The number of hydrogen-bond acceptors (Lipinski definition) is 5. The van der Waals surface area contributed by atoms with Crippen molar-refractivity contribution < 1.29 is 14.7 Å². The maximum absolute atomic E-state index is 11.8. The molecule has 0 aliphatic carbocycles. The van der Waals surface area contributed by atoms with E-state index in [1.54, 1.807) is 24.3 Å². The molecule has 1 aromatic rings. The molecule has 1 heterocycles. The van der Waals surface area contributed by atoms with E-state index in [2.05, 4.69) is 17.9 Å². The van der Waals surface area contributed by atoms with E-state index < -0.39 is 11.8 Å². The average Bonchev–Trinajstić information content (AvgIpc) is 2.60. The Kier molecular flexibility index (Phi) is 3.69. The number of hydrogen-bond donors (Lipinski definition) is 3. The van der Waals surface area contributed by atoms with Gasteiger partial charge in [-0.1, -0.05) is 0 Å². The smallest absolute Gasteiger partial charge is 0.277 e. The lowest BCUT2D eigenvalue weighted by Crippen LogP contribution is -2.34. The van der Waals surface area contributed by atoms with Gasteiger partial charge in [0.1, 0.15) is 5.70 Å². The number of benzene rings is 1. The Morgan fingerprint density at radius 2 is 1.89 bits per heavy atom. The molecule has 6 heteroatoms. The maximum atomic E-state index is 11.8. The van der Waals surface area contributed by atoms with E-state index in [0.717, 1.165) is 9.80 Å². The van der Waals surface area contributed by atoms with Crippen LogP contribution in [0.15, 0.2) is 40.9 Å². The molecule has 2 amide bonds. The highest BCUT2D eigenvalue weighted by molar-refractivity contribution is 7.80. The van der Waals surface area contributed by atoms with Crippen molar-refractivity contribution in [2.75, 3.05) is 18.5 Å². The average molecular weight is 264 g/mol. The number of aliphatic hydroxyl groups excluding tert-OH is 1. The predicted molar refractivity (Wildman–Crippen MR) is 69.2 cm³/mol. The van der Waals surface area contributed by atoms with E-state index in [1.807, 2.05) is 0 Å². The van der Waals surface area contributed by atoms with Gasteiger partial charge in [-0.25, -0.2) is 0 Å². The summed E-state index contributed by atoms with van der Waals surface area (Å²) >= 11 is 4.15. The van der Waals surface area contributed by atoms with Crippen LogP contribution in [0.25, 0.3) is 0 Å². The number of aliphatic hydroxyl groups is 1. The third kappa shape index (κ3) is 2.55. The molecule has 2 rings (SSSR count). The second kappa shape index (κ2) is 5.24. The zero-order chi connectivity index (χ0) is 13.1. The highest BCUT2D eigenvalue weighted by Gasteiger charge is 2.30. The van der Waals surface area contributed by atoms with Crippen molar-refractivity contribution in [3.05, 3.63) is 36.0 Å². The van der Waals surface area contributed by atoms with Crippen LogP contribution in [-0.2, 0) is 9.59 Å². The monoisotopic (exact) mass is 264 g/mol. The highest BCUT2D eigenvalue weighted by atomic mass is 32.1. The summed E-state index contributed by atoms with van der Waals surface area (Å²) in [5.74, 6) is -0.841. The molecular weight excluding hydrogens is 252 g/mol. The van der Waals surface area contributed by atoms with Gasteiger partial charge in [-0.2, -0.15) is 0 Å². The Balaban J connectivity index is 2.11. The summed E-state index contributed by atoms with van der Waals surface area (Å²) < 4.78 is 0. The molecule has 0 atom stereocenters. The molecule has 1 aliphatic rings. The molecule has 0 saturated carbocycles. The summed E-state index contributed by atoms with van der Waals surface area (Å²) in [6.07, 6.45) is 1.23. The minimum atomic E-state index is -0.427. The normalized spacial score (nSPS) is 15.0. The summed E-state index contributed by atoms with van der Waals surface area (Å²) in [6.45, 7) is -0.234. The van der Waals surface area contributed by atoms with Crippen molar-refractivity contribution in [2.24, 2.45) is 0 Å². The fraction of sp³-hybridized carbons (Fsp3) is 0.167. The van der Waals surface area contributed by atoms with Crippen molar-refractivity contribution >= 4 is 30.1 Å². The summed E-state index contributed by atoms with van der Waals surface area (Å²) in [4.78, 5) is 25.1. The summed E-state index contributed by atoms with van der Waals surface area (Å²) in [5, 5.41) is 11.6. The van der Waals surface area contributed by atoms with Crippen LogP contribution in [-0.4, -0.2) is 35.0 Å². The molecule has 0 unspecified atom stereocenters. The van der Waals surface area contributed by atoms with Gasteiger partial charge in [0, 0.05) is 16.7 Å². The van der Waals surface area contributed by atoms with Gasteiger partial charge in [0.15, 0.2) is 0 Å². The second-order valence-electron chi connectivity index (χ2n) is 3.75. The van der Waals surface area contributed by atoms with E-state index in [0.29, 0.717) is 5.69 Å². The van der Waals surface area contributed by atoms with Crippen LogP contribution in [0.2, 0.25) is 0 Å². The highest BCUT2D eigenvalue weighted by Crippen LogP contribution is 2.18. The first-order valence-corrected chi connectivity index (χ1v) is 5.81. The van der Waals surface area contributed by atoms with Crippen LogP contribution in [0.4, 0.5) is 5.69 Å². The number of carbonyl (C=O) groups is 2. The molecule has 0 fully saturated rings. The molecule has 0 aromatic heterocycles. The Hall–Kier alpha value is -1.79. The minimum Gasteiger partial charge on any atom is -0.395 e. The Morgan fingerprint density at radius 3 is 2.50 bits per heavy atom. The number of anilines is 1. The second-order valence-corrected chi connectivity index (χ2v) is 4.26. The third-order valence-electron chi connectivity index (χ3n) is 2.48. The predicted octanol–water partition coefficient (Wildman–Crippen LogP) is 0.632. The number of carbonyl (C=O) groups excluding carboxylic acids is 2.